The Labute approximate surface area is 187 Å². The molecule has 5 nitrogen and oxygen atoms in total. The van der Waals surface area contributed by atoms with Gasteiger partial charge in [0.15, 0.2) is 0 Å². The van der Waals surface area contributed by atoms with Crippen LogP contribution in [0.4, 0.5) is 5.95 Å². The molecule has 0 saturated heterocycles. The minimum Gasteiger partial charge on any atom is -0.383 e. The highest BCUT2D eigenvalue weighted by molar-refractivity contribution is 6.30. The minimum atomic E-state index is 0.653. The van der Waals surface area contributed by atoms with Crippen molar-refractivity contribution in [3.05, 3.63) is 77.1 Å². The molecule has 0 saturated carbocycles. The van der Waals surface area contributed by atoms with Crippen LogP contribution in [-0.2, 0) is 11.8 Å². The van der Waals surface area contributed by atoms with Gasteiger partial charge in [-0.05, 0) is 47.9 Å². The Hall–Kier alpha value is -3.33. The van der Waals surface area contributed by atoms with Crippen LogP contribution in [-0.4, -0.2) is 41.8 Å². The zero-order chi connectivity index (χ0) is 21.8. The van der Waals surface area contributed by atoms with Crippen LogP contribution in [0.25, 0.3) is 22.2 Å². The Morgan fingerprint density at radius 3 is 2.52 bits per heavy atom. The van der Waals surface area contributed by atoms with Gasteiger partial charge in [-0.3, -0.25) is 0 Å². The first kappa shape index (κ1) is 20.9. The van der Waals surface area contributed by atoms with Crippen molar-refractivity contribution in [3.8, 4) is 23.0 Å². The monoisotopic (exact) mass is 430 g/mol. The summed E-state index contributed by atoms with van der Waals surface area (Å²) in [6.07, 6.45) is 1.83. The highest BCUT2D eigenvalue weighted by Gasteiger charge is 2.11. The first-order valence-electron chi connectivity index (χ1n) is 9.96. The van der Waals surface area contributed by atoms with E-state index in [1.54, 1.807) is 7.11 Å². The molecule has 0 aliphatic rings. The Bertz CT molecular complexity index is 1250. The number of likely N-dealkylation sites (N-methyl/N-ethyl adjacent to an activating group) is 1. The maximum atomic E-state index is 5.96. The number of methoxy groups -OCH3 is 1. The smallest absolute Gasteiger partial charge is 0.206 e. The molecule has 31 heavy (non-hydrogen) atoms. The van der Waals surface area contributed by atoms with Gasteiger partial charge in [0.25, 0.3) is 0 Å². The molecule has 2 aromatic carbocycles. The van der Waals surface area contributed by atoms with Crippen molar-refractivity contribution in [2.75, 3.05) is 32.2 Å². The number of nitrogens with zero attached hydrogens (tertiary/aromatic N) is 4. The van der Waals surface area contributed by atoms with E-state index >= 15 is 0 Å². The van der Waals surface area contributed by atoms with Crippen molar-refractivity contribution in [1.82, 2.24) is 14.5 Å². The summed E-state index contributed by atoms with van der Waals surface area (Å²) < 4.78 is 7.25. The van der Waals surface area contributed by atoms with Gasteiger partial charge >= 0.3 is 0 Å². The molecule has 4 rings (SSSR count). The number of hydrogen-bond donors (Lipinski definition) is 0. The topological polar surface area (TPSA) is 43.2 Å². The molecule has 2 aromatic heterocycles. The quantitative estimate of drug-likeness (QED) is 0.428. The number of benzene rings is 2. The molecule has 4 aromatic rings. The average Bonchev–Trinajstić information content (AvgIpc) is 3.13. The zero-order valence-electron chi connectivity index (χ0n) is 17.8. The fourth-order valence-corrected chi connectivity index (χ4v) is 3.48. The van der Waals surface area contributed by atoms with Crippen molar-refractivity contribution < 1.29 is 4.74 Å². The standard InChI is InChI=1S/C25H23ClN4O/c1-29(14-15-31-3)25-28-23-16-18(5-13-24(23)30(25)2)4-11-22-12-8-20(17-27-22)19-6-9-21(26)10-7-19/h5-10,12-13,16-17H,14-15H2,1-3H3. The molecule has 0 amide bonds. The van der Waals surface area contributed by atoms with Crippen LogP contribution in [0, 0.1) is 11.8 Å². The Morgan fingerprint density at radius 1 is 1.03 bits per heavy atom. The van der Waals surface area contributed by atoms with Crippen molar-refractivity contribution in [2.45, 2.75) is 0 Å². The summed E-state index contributed by atoms with van der Waals surface area (Å²) >= 11 is 5.96. The summed E-state index contributed by atoms with van der Waals surface area (Å²) in [4.78, 5) is 11.3. The number of pyridine rings is 1. The summed E-state index contributed by atoms with van der Waals surface area (Å²) in [6.45, 7) is 1.43. The number of anilines is 1. The largest absolute Gasteiger partial charge is 0.383 e. The molecule has 0 atom stereocenters. The highest BCUT2D eigenvalue weighted by atomic mass is 35.5. The van der Waals surface area contributed by atoms with E-state index in [0.29, 0.717) is 6.61 Å². The lowest BCUT2D eigenvalue weighted by Gasteiger charge is -2.17. The normalized spacial score (nSPS) is 10.7. The Morgan fingerprint density at radius 2 is 1.81 bits per heavy atom. The van der Waals surface area contributed by atoms with Crippen LogP contribution < -0.4 is 4.90 Å². The van der Waals surface area contributed by atoms with Crippen LogP contribution >= 0.6 is 11.6 Å². The summed E-state index contributed by atoms with van der Waals surface area (Å²) in [7, 11) is 5.74. The fourth-order valence-electron chi connectivity index (χ4n) is 3.35. The van der Waals surface area contributed by atoms with Crippen molar-refractivity contribution in [2.24, 2.45) is 7.05 Å². The summed E-state index contributed by atoms with van der Waals surface area (Å²) in [5, 5.41) is 0.720. The van der Waals surface area contributed by atoms with Crippen LogP contribution in [0.2, 0.25) is 5.02 Å². The number of fused-ring (bicyclic) bond motifs is 1. The van der Waals surface area contributed by atoms with Gasteiger partial charge in [0, 0.05) is 50.1 Å². The minimum absolute atomic E-state index is 0.653. The van der Waals surface area contributed by atoms with Crippen LogP contribution in [0.5, 0.6) is 0 Å². The molecule has 0 aliphatic heterocycles. The molecule has 0 fully saturated rings. The van der Waals surface area contributed by atoms with E-state index in [2.05, 4.69) is 32.4 Å². The first-order valence-corrected chi connectivity index (χ1v) is 10.3. The molecule has 6 heteroatoms. The summed E-state index contributed by atoms with van der Waals surface area (Å²) in [6, 6.07) is 17.7. The van der Waals surface area contributed by atoms with Gasteiger partial charge in [0.1, 0.15) is 5.69 Å². The molecule has 0 bridgehead atoms. The lowest BCUT2D eigenvalue weighted by atomic mass is 10.1. The predicted molar refractivity (Wildman–Crippen MR) is 127 cm³/mol. The fraction of sp³-hybridized carbons (Fsp3) is 0.200. The van der Waals surface area contributed by atoms with Crippen molar-refractivity contribution in [3.63, 3.8) is 0 Å². The van der Waals surface area contributed by atoms with Gasteiger partial charge in [-0.15, -0.1) is 0 Å². The highest BCUT2D eigenvalue weighted by Crippen LogP contribution is 2.22. The first-order chi connectivity index (χ1) is 15.0. The molecular formula is C25H23ClN4O. The number of aromatic nitrogens is 3. The zero-order valence-corrected chi connectivity index (χ0v) is 18.5. The third-order valence-corrected chi connectivity index (χ3v) is 5.36. The molecular weight excluding hydrogens is 408 g/mol. The number of imidazole rings is 1. The number of aryl methyl sites for hydroxylation is 1. The van der Waals surface area contributed by atoms with E-state index < -0.39 is 0 Å². The third kappa shape index (κ3) is 4.72. The second kappa shape index (κ2) is 9.22. The maximum Gasteiger partial charge on any atom is 0.206 e. The van der Waals surface area contributed by atoms with E-state index in [1.165, 1.54) is 0 Å². The number of halogens is 1. The average molecular weight is 431 g/mol. The third-order valence-electron chi connectivity index (χ3n) is 5.11. The van der Waals surface area contributed by atoms with E-state index in [0.717, 1.165) is 50.9 Å². The van der Waals surface area contributed by atoms with Gasteiger partial charge < -0.3 is 14.2 Å². The van der Waals surface area contributed by atoms with Crippen LogP contribution in [0.3, 0.4) is 0 Å². The van der Waals surface area contributed by atoms with Crippen molar-refractivity contribution in [1.29, 1.82) is 0 Å². The second-order valence-corrected chi connectivity index (χ2v) is 7.71. The van der Waals surface area contributed by atoms with Crippen LogP contribution in [0.1, 0.15) is 11.3 Å². The summed E-state index contributed by atoms with van der Waals surface area (Å²) in [5.41, 5.74) is 5.71. The maximum absolute atomic E-state index is 5.96. The van der Waals surface area contributed by atoms with Gasteiger partial charge in [-0.2, -0.15) is 0 Å². The second-order valence-electron chi connectivity index (χ2n) is 7.28. The lowest BCUT2D eigenvalue weighted by molar-refractivity contribution is 0.206. The van der Waals surface area contributed by atoms with E-state index in [4.69, 9.17) is 21.3 Å². The van der Waals surface area contributed by atoms with Gasteiger partial charge in [-0.25, -0.2) is 9.97 Å². The van der Waals surface area contributed by atoms with Gasteiger partial charge in [-0.1, -0.05) is 35.7 Å². The van der Waals surface area contributed by atoms with E-state index in [1.807, 2.05) is 68.8 Å². The van der Waals surface area contributed by atoms with Gasteiger partial charge in [0.05, 0.1) is 17.6 Å². The summed E-state index contributed by atoms with van der Waals surface area (Å²) in [5.74, 6) is 7.24. The molecule has 0 aliphatic carbocycles. The van der Waals surface area contributed by atoms with Gasteiger partial charge in [0.2, 0.25) is 5.95 Å². The molecule has 156 valence electrons. The number of ether oxygens (including phenoxy) is 1. The number of hydrogen-bond acceptors (Lipinski definition) is 4. The SMILES string of the molecule is COCCN(C)c1nc2cc(C#Cc3ccc(-c4ccc(Cl)cc4)cn3)ccc2n1C. The molecule has 2 heterocycles. The van der Waals surface area contributed by atoms with E-state index in [-0.39, 0.29) is 0 Å². The Kier molecular flexibility index (Phi) is 6.22. The molecule has 0 N–H and O–H groups in total. The molecule has 0 radical (unpaired) electrons. The van der Waals surface area contributed by atoms with E-state index in [9.17, 15) is 0 Å². The lowest BCUT2D eigenvalue weighted by Crippen LogP contribution is -2.24. The number of rotatable bonds is 5. The Balaban J connectivity index is 1.54. The predicted octanol–water partition coefficient (Wildman–Crippen LogP) is 4.77. The van der Waals surface area contributed by atoms with Crippen LogP contribution in [0.15, 0.2) is 60.8 Å². The van der Waals surface area contributed by atoms with Crippen molar-refractivity contribution >= 4 is 28.6 Å². The molecule has 0 unspecified atom stereocenters. The molecule has 0 spiro atoms.